The van der Waals surface area contributed by atoms with Crippen molar-refractivity contribution < 1.29 is 24.8 Å². The first-order chi connectivity index (χ1) is 7.13. The molecule has 90 valence electrons. The highest BCUT2D eigenvalue weighted by molar-refractivity contribution is 4.86. The average Bonchev–Trinajstić information content (AvgIpc) is 2.24. The molecule has 0 saturated heterocycles. The standard InChI is InChI=1S/C10H20O5/c1-14-10(15-2)7-4-9(13)8(12)3-6(7)5-11/h6-13H,3-5H2,1-2H3/t6-,7-,8+,9-/m1/s1. The molecule has 5 heteroatoms. The van der Waals surface area contributed by atoms with Gasteiger partial charge in [0.25, 0.3) is 0 Å². The minimum absolute atomic E-state index is 0.0301. The van der Waals surface area contributed by atoms with Crippen molar-refractivity contribution in [3.63, 3.8) is 0 Å². The Labute approximate surface area is 89.6 Å². The minimum Gasteiger partial charge on any atom is -0.396 e. The second kappa shape index (κ2) is 5.77. The van der Waals surface area contributed by atoms with E-state index in [1.807, 2.05) is 0 Å². The fraction of sp³-hybridized carbons (Fsp3) is 1.00. The molecule has 0 amide bonds. The zero-order valence-corrected chi connectivity index (χ0v) is 9.17. The van der Waals surface area contributed by atoms with Gasteiger partial charge in [-0.1, -0.05) is 0 Å². The molecule has 15 heavy (non-hydrogen) atoms. The molecule has 1 aliphatic carbocycles. The number of rotatable bonds is 4. The lowest BCUT2D eigenvalue weighted by molar-refractivity contribution is -0.182. The smallest absolute Gasteiger partial charge is 0.160 e. The Balaban J connectivity index is 2.67. The molecule has 1 fully saturated rings. The van der Waals surface area contributed by atoms with E-state index in [-0.39, 0.29) is 18.4 Å². The van der Waals surface area contributed by atoms with E-state index in [0.717, 1.165) is 0 Å². The zero-order chi connectivity index (χ0) is 11.4. The maximum atomic E-state index is 9.56. The summed E-state index contributed by atoms with van der Waals surface area (Å²) < 4.78 is 10.3. The number of hydrogen-bond donors (Lipinski definition) is 3. The van der Waals surface area contributed by atoms with E-state index in [9.17, 15) is 15.3 Å². The van der Waals surface area contributed by atoms with Gasteiger partial charge in [0.15, 0.2) is 6.29 Å². The maximum absolute atomic E-state index is 9.56. The third kappa shape index (κ3) is 2.89. The van der Waals surface area contributed by atoms with E-state index in [1.54, 1.807) is 0 Å². The molecular formula is C10H20O5. The van der Waals surface area contributed by atoms with Crippen molar-refractivity contribution in [1.29, 1.82) is 0 Å². The Bertz CT molecular complexity index is 183. The molecule has 3 N–H and O–H groups in total. The number of methoxy groups -OCH3 is 2. The summed E-state index contributed by atoms with van der Waals surface area (Å²) in [5.74, 6) is -0.170. The van der Waals surface area contributed by atoms with Gasteiger partial charge in [0.1, 0.15) is 0 Å². The lowest BCUT2D eigenvalue weighted by Gasteiger charge is -2.39. The van der Waals surface area contributed by atoms with Gasteiger partial charge in [-0.25, -0.2) is 0 Å². The van der Waals surface area contributed by atoms with Crippen LogP contribution < -0.4 is 0 Å². The van der Waals surface area contributed by atoms with Crippen LogP contribution in [0.5, 0.6) is 0 Å². The summed E-state index contributed by atoms with van der Waals surface area (Å²) in [4.78, 5) is 0. The molecule has 0 spiro atoms. The van der Waals surface area contributed by atoms with Crippen molar-refractivity contribution in [3.05, 3.63) is 0 Å². The van der Waals surface area contributed by atoms with Crippen molar-refractivity contribution in [1.82, 2.24) is 0 Å². The lowest BCUT2D eigenvalue weighted by atomic mass is 9.76. The van der Waals surface area contributed by atoms with Gasteiger partial charge in [-0.15, -0.1) is 0 Å². The van der Waals surface area contributed by atoms with Crippen molar-refractivity contribution >= 4 is 0 Å². The Kier molecular flexibility index (Phi) is 4.95. The second-order valence-corrected chi connectivity index (χ2v) is 4.05. The van der Waals surface area contributed by atoms with E-state index >= 15 is 0 Å². The van der Waals surface area contributed by atoms with E-state index in [1.165, 1.54) is 14.2 Å². The molecular weight excluding hydrogens is 200 g/mol. The minimum atomic E-state index is -0.759. The first-order valence-electron chi connectivity index (χ1n) is 5.16. The van der Waals surface area contributed by atoms with Crippen LogP contribution in [0.2, 0.25) is 0 Å². The van der Waals surface area contributed by atoms with Gasteiger partial charge in [-0.2, -0.15) is 0 Å². The van der Waals surface area contributed by atoms with Crippen LogP contribution >= 0.6 is 0 Å². The van der Waals surface area contributed by atoms with Crippen molar-refractivity contribution in [3.8, 4) is 0 Å². The first-order valence-corrected chi connectivity index (χ1v) is 5.16. The van der Waals surface area contributed by atoms with E-state index in [2.05, 4.69) is 0 Å². The Hall–Kier alpha value is -0.200. The summed E-state index contributed by atoms with van der Waals surface area (Å²) in [6, 6.07) is 0. The van der Waals surface area contributed by atoms with Crippen LogP contribution in [-0.2, 0) is 9.47 Å². The molecule has 5 nitrogen and oxygen atoms in total. The van der Waals surface area contributed by atoms with Crippen LogP contribution in [0, 0.1) is 11.8 Å². The maximum Gasteiger partial charge on any atom is 0.160 e. The average molecular weight is 220 g/mol. The Morgan fingerprint density at radius 2 is 1.67 bits per heavy atom. The van der Waals surface area contributed by atoms with Crippen LogP contribution in [0.3, 0.4) is 0 Å². The lowest BCUT2D eigenvalue weighted by Crippen LogP contribution is -2.45. The molecule has 1 saturated carbocycles. The molecule has 0 radical (unpaired) electrons. The molecule has 1 aliphatic rings. The van der Waals surface area contributed by atoms with Crippen LogP contribution in [-0.4, -0.2) is 54.6 Å². The molecule has 0 aromatic rings. The summed E-state index contributed by atoms with van der Waals surface area (Å²) >= 11 is 0. The molecule has 1 rings (SSSR count). The largest absolute Gasteiger partial charge is 0.396 e. The van der Waals surface area contributed by atoms with Crippen molar-refractivity contribution in [2.75, 3.05) is 20.8 Å². The normalized spacial score (nSPS) is 37.2. The molecule has 0 heterocycles. The van der Waals surface area contributed by atoms with Crippen LogP contribution in [0.4, 0.5) is 0 Å². The predicted octanol–water partition coefficient (Wildman–Crippen LogP) is -0.654. The van der Waals surface area contributed by atoms with Crippen LogP contribution in [0.1, 0.15) is 12.8 Å². The number of ether oxygens (including phenoxy) is 2. The van der Waals surface area contributed by atoms with Gasteiger partial charge >= 0.3 is 0 Å². The second-order valence-electron chi connectivity index (χ2n) is 4.05. The Morgan fingerprint density at radius 3 is 2.13 bits per heavy atom. The van der Waals surface area contributed by atoms with Gasteiger partial charge in [-0.05, 0) is 18.8 Å². The summed E-state index contributed by atoms with van der Waals surface area (Å²) in [6.45, 7) is -0.0301. The fourth-order valence-electron chi connectivity index (χ4n) is 2.26. The fourth-order valence-corrected chi connectivity index (χ4v) is 2.26. The zero-order valence-electron chi connectivity index (χ0n) is 9.17. The Morgan fingerprint density at radius 1 is 1.13 bits per heavy atom. The third-order valence-corrected chi connectivity index (χ3v) is 3.16. The molecule has 0 aromatic carbocycles. The summed E-state index contributed by atoms with van der Waals surface area (Å²) in [5.41, 5.74) is 0. The molecule has 4 atom stereocenters. The van der Waals surface area contributed by atoms with Crippen molar-refractivity contribution in [2.24, 2.45) is 11.8 Å². The predicted molar refractivity (Wildman–Crippen MR) is 53.1 cm³/mol. The van der Waals surface area contributed by atoms with E-state index in [0.29, 0.717) is 12.8 Å². The third-order valence-electron chi connectivity index (χ3n) is 3.16. The molecule has 0 unspecified atom stereocenters. The molecule has 0 bridgehead atoms. The van der Waals surface area contributed by atoms with Gasteiger partial charge in [0, 0.05) is 26.7 Å². The molecule has 0 aliphatic heterocycles. The highest BCUT2D eigenvalue weighted by Crippen LogP contribution is 2.33. The van der Waals surface area contributed by atoms with Crippen LogP contribution in [0.15, 0.2) is 0 Å². The summed E-state index contributed by atoms with van der Waals surface area (Å²) in [5, 5.41) is 28.2. The first kappa shape index (κ1) is 12.9. The van der Waals surface area contributed by atoms with Gasteiger partial charge < -0.3 is 24.8 Å². The highest BCUT2D eigenvalue weighted by Gasteiger charge is 2.39. The highest BCUT2D eigenvalue weighted by atomic mass is 16.7. The number of aliphatic hydroxyl groups is 3. The SMILES string of the molecule is COC(OC)[C@@H]1C[C@@H](O)[C@@H](O)C[C@@H]1CO. The van der Waals surface area contributed by atoms with Crippen molar-refractivity contribution in [2.45, 2.75) is 31.3 Å². The van der Waals surface area contributed by atoms with Gasteiger partial charge in [0.2, 0.25) is 0 Å². The number of aliphatic hydroxyl groups excluding tert-OH is 3. The monoisotopic (exact) mass is 220 g/mol. The van der Waals surface area contributed by atoms with E-state index < -0.39 is 18.5 Å². The van der Waals surface area contributed by atoms with Gasteiger partial charge in [-0.3, -0.25) is 0 Å². The molecule has 0 aromatic heterocycles. The number of hydrogen-bond acceptors (Lipinski definition) is 5. The summed E-state index contributed by atoms with van der Waals surface area (Å²) in [6.07, 6.45) is -1.19. The van der Waals surface area contributed by atoms with Gasteiger partial charge in [0.05, 0.1) is 12.2 Å². The topological polar surface area (TPSA) is 79.2 Å². The quantitative estimate of drug-likeness (QED) is 0.548. The summed E-state index contributed by atoms with van der Waals surface area (Å²) in [7, 11) is 3.06. The van der Waals surface area contributed by atoms with E-state index in [4.69, 9.17) is 9.47 Å². The van der Waals surface area contributed by atoms with Crippen LogP contribution in [0.25, 0.3) is 0 Å².